The van der Waals surface area contributed by atoms with E-state index in [-0.39, 0.29) is 1490 Å². The van der Waals surface area contributed by atoms with Crippen LogP contribution in [0.2, 0.25) is 0 Å². The molecule has 0 aliphatic carbocycles. The third-order valence-electron chi connectivity index (χ3n) is 0.577. The molecule has 0 aromatic heterocycles. The van der Waals surface area contributed by atoms with E-state index in [9.17, 15) is 0 Å². The molecule has 0 heterocycles. The molecule has 0 rings (SSSR count). The van der Waals surface area contributed by atoms with E-state index in [1.54, 1.807) is 0 Å². The molecule has 280 valence electrons. The zero-order valence-electron chi connectivity index (χ0n) is 44.0. The first-order valence-electron chi connectivity index (χ1n) is 6.26. The van der Waals surface area contributed by atoms with E-state index in [4.69, 9.17) is 0 Å². The van der Waals surface area contributed by atoms with Crippen LogP contribution in [0, 0.1) is 84.1 Å². The predicted molar refractivity (Wildman–Crippen MR) is 117 cm³/mol. The minimum atomic E-state index is -0.387. The van der Waals surface area contributed by atoms with E-state index in [0.717, 1.165) is 6.42 Å². The molecule has 0 unspecified atom stereocenters. The Morgan fingerprint density at radius 2 is 0.246 bits per heavy atom. The van der Waals surface area contributed by atoms with Gasteiger partial charge in [-0.25, -0.2) is 0 Å². The Bertz CT molecular complexity index is 97.5. The van der Waals surface area contributed by atoms with Crippen molar-refractivity contribution in [2.75, 3.05) is 0 Å². The van der Waals surface area contributed by atoms with Gasteiger partial charge in [-0.3, -0.25) is 0 Å². The summed E-state index contributed by atoms with van der Waals surface area (Å²) in [6.45, 7) is 30.5. The predicted octanol–water partition coefficient (Wildman–Crippen LogP) is 8.60. The van der Waals surface area contributed by atoms with Gasteiger partial charge in [-0.15, -0.1) is 0 Å². The Balaban J connectivity index is -0.000000000315. The normalized spacial score (nSPS) is 1.66. The first-order chi connectivity index (χ1) is 7.06. The molecule has 44 heteroatoms. The van der Waals surface area contributed by atoms with Crippen molar-refractivity contribution >= 4 is 0 Å². The van der Waals surface area contributed by atoms with Crippen molar-refractivity contribution in [1.29, 1.82) is 0 Å². The second-order valence-electron chi connectivity index (χ2n) is 1.86. The summed E-state index contributed by atoms with van der Waals surface area (Å²) in [6.07, 6.45) is 2.61. The van der Waals surface area contributed by atoms with Crippen LogP contribution in [-0.2, 0) is 1440 Å². The molecule has 0 amide bonds. The van der Waals surface area contributed by atoms with Gasteiger partial charge < -0.3 is 90.5 Å². The van der Waals surface area contributed by atoms with Gasteiger partial charge in [0.05, 0.1) is 0 Å². The fourth-order valence-electron chi connectivity index (χ4n) is 0.306. The molecule has 0 saturated carbocycles. The maximum absolute atomic E-state index is 3.64. The van der Waals surface area contributed by atoms with Crippen molar-refractivity contribution in [2.45, 2.75) is 61.8 Å². The van der Waals surface area contributed by atoms with Crippen LogP contribution < -0.4 is 0 Å². The van der Waals surface area contributed by atoms with Gasteiger partial charge in [-0.05, 0) is 0 Å². The standard InChI is InChI=1S/C7H11.4C2H6.6CH3.44Y/c1-5-6-7(2,3)4;4*1-2;;;;;;;;;;;;;;;;;;;;;;;;;;;;;;;;;;;;;;;;;;;;;;;;;;/h6H,1-5H2;4*1-2H3;6*1H3;;;;;;;;;;;;;;;;;;;;;;;;;;;;;;;;;;;;;;;;;;;;/q-5;;;;;6*-1;;;;;;;;;;;;;;;;;;;;;;;;;;;;;;;;;;;;;;;;;;;;. The molecule has 0 N–H and O–H groups in total. The van der Waals surface area contributed by atoms with Gasteiger partial charge in [0.25, 0.3) is 0 Å². The molecular weight excluding hydrogens is 4160 g/mol. The summed E-state index contributed by atoms with van der Waals surface area (Å²) >= 11 is 0. The van der Waals surface area contributed by atoms with E-state index >= 15 is 0 Å². The maximum atomic E-state index is 3.64. The van der Waals surface area contributed by atoms with Gasteiger partial charge in [0.2, 0.25) is 0 Å². The molecule has 0 saturated heterocycles. The largest absolute Gasteiger partial charge is 0.584 e. The van der Waals surface area contributed by atoms with Crippen LogP contribution in [-0.4, -0.2) is 0 Å². The Morgan fingerprint density at radius 3 is 0.246 bits per heavy atom. The summed E-state index contributed by atoms with van der Waals surface area (Å²) in [6, 6.07) is 0. The monoisotopic (exact) mass is 4220 g/mol. The Morgan fingerprint density at radius 1 is 0.200 bits per heavy atom. The van der Waals surface area contributed by atoms with Crippen LogP contribution in [0.5, 0.6) is 0 Å². The number of hydrogen-bond acceptors (Lipinski definition) is 0. The topological polar surface area (TPSA) is 0 Å². The summed E-state index contributed by atoms with van der Waals surface area (Å²) in [7, 11) is 0. The molecule has 65 heavy (non-hydrogen) atoms. The third kappa shape index (κ3) is 498. The molecule has 0 aromatic carbocycles. The minimum Gasteiger partial charge on any atom is -0.584 e. The SMILES string of the molecule is CC.CC.CC.CC.[CH2-]C[CH-]C([CH2-])([CH2-])[CH2-].[CH3-].[CH3-].[CH3-].[CH3-].[CH3-].[CH3-].[Y].[Y].[Y].[Y].[Y].[Y].[Y].[Y].[Y].[Y].[Y].[Y].[Y].[Y].[Y].[Y].[Y].[Y].[Y].[Y].[Y].[Y].[Y].[Y].[Y].[Y].[Y].[Y].[Y].[Y].[Y].[Y].[Y].[Y].[Y].[Y].[Y].[Y].[Y].[Y].[Y].[Y].[Y].[Y]. The van der Waals surface area contributed by atoms with Crippen molar-refractivity contribution in [3.8, 4) is 0 Å². The zero-order valence-corrected chi connectivity index (χ0v) is 169. The van der Waals surface area contributed by atoms with Crippen molar-refractivity contribution in [1.82, 2.24) is 0 Å². The second kappa shape index (κ2) is 438. The average Bonchev–Trinajstić information content (AvgIpc) is 2.28. The Labute approximate surface area is 1530 Å². The Hall–Kier alpha value is 48.6. The van der Waals surface area contributed by atoms with Gasteiger partial charge >= 0.3 is 0 Å². The average molecular weight is 4220 g/mol. The van der Waals surface area contributed by atoms with Crippen molar-refractivity contribution in [2.24, 2.45) is 5.41 Å². The first kappa shape index (κ1) is 420. The summed E-state index contributed by atoms with van der Waals surface area (Å²) < 4.78 is 0. The summed E-state index contributed by atoms with van der Waals surface area (Å²) in [5, 5.41) is 0. The molecule has 0 spiro atoms. The Kier molecular flexibility index (Phi) is 2830. The van der Waals surface area contributed by atoms with E-state index in [1.807, 2.05) is 61.8 Å². The molecule has 44 radical (unpaired) electrons. The fourth-order valence-corrected chi connectivity index (χ4v) is 0.306. The quantitative estimate of drug-likeness (QED) is 0.244. The molecule has 0 bridgehead atoms. The van der Waals surface area contributed by atoms with Crippen molar-refractivity contribution < 1.29 is 1440 Å². The molecule has 0 fully saturated rings. The summed E-state index contributed by atoms with van der Waals surface area (Å²) in [5.41, 5.74) is -0.387. The number of hydrogen-bond donors (Lipinski definition) is 0. The minimum absolute atomic E-state index is 0. The van der Waals surface area contributed by atoms with Gasteiger partial charge in [-0.1, -0.05) is 55.4 Å². The fraction of sp³-hybridized carbons (Fsp3) is 0.476. The third-order valence-corrected chi connectivity index (χ3v) is 0.577. The first-order valence-corrected chi connectivity index (χ1v) is 6.26. The van der Waals surface area contributed by atoms with Crippen LogP contribution in [0.1, 0.15) is 61.8 Å². The van der Waals surface area contributed by atoms with Crippen LogP contribution in [0.4, 0.5) is 0 Å². The van der Waals surface area contributed by atoms with Crippen LogP contribution in [0.3, 0.4) is 0 Å². The van der Waals surface area contributed by atoms with E-state index in [1.165, 1.54) is 0 Å². The van der Waals surface area contributed by atoms with Gasteiger partial charge in [-0.2, -0.15) is 0 Å². The van der Waals surface area contributed by atoms with E-state index < -0.39 is 0 Å². The van der Waals surface area contributed by atoms with Crippen LogP contribution >= 0.6 is 0 Å². The molecule has 0 atom stereocenters. The molecule has 0 aliphatic rings. The van der Waals surface area contributed by atoms with Crippen LogP contribution in [0.25, 0.3) is 0 Å². The van der Waals surface area contributed by atoms with Crippen LogP contribution in [0.15, 0.2) is 0 Å². The number of rotatable bonds is 2. The van der Waals surface area contributed by atoms with E-state index in [2.05, 4.69) is 27.7 Å². The molecule has 0 nitrogen and oxygen atoms in total. The molecule has 0 aliphatic heterocycles. The smallest absolute Gasteiger partial charge is 0 e. The zero-order chi connectivity index (χ0) is 13.9. The second-order valence-corrected chi connectivity index (χ2v) is 1.86. The molecular formula is C21H53Y44-11. The maximum Gasteiger partial charge on any atom is 0 e. The van der Waals surface area contributed by atoms with Crippen molar-refractivity contribution in [3.05, 3.63) is 78.7 Å². The van der Waals surface area contributed by atoms with Gasteiger partial charge in [0.15, 0.2) is 0 Å². The van der Waals surface area contributed by atoms with Crippen molar-refractivity contribution in [3.63, 3.8) is 0 Å². The summed E-state index contributed by atoms with van der Waals surface area (Å²) in [5.74, 6) is 0. The van der Waals surface area contributed by atoms with E-state index in [0.29, 0.717) is 0 Å². The van der Waals surface area contributed by atoms with Gasteiger partial charge in [0, 0.05) is 1440 Å². The van der Waals surface area contributed by atoms with Gasteiger partial charge in [0.1, 0.15) is 0 Å². The molecule has 0 aromatic rings. The summed E-state index contributed by atoms with van der Waals surface area (Å²) in [4.78, 5) is 0.